The van der Waals surface area contributed by atoms with E-state index in [1.807, 2.05) is 6.92 Å². The van der Waals surface area contributed by atoms with Gasteiger partial charge in [-0.05, 0) is 19.1 Å². The van der Waals surface area contributed by atoms with Gasteiger partial charge in [-0.2, -0.15) is 0 Å². The summed E-state index contributed by atoms with van der Waals surface area (Å²) in [6.07, 6.45) is 3.24. The Bertz CT molecular complexity index is 377. The van der Waals surface area contributed by atoms with E-state index in [-0.39, 0.29) is 11.9 Å². The van der Waals surface area contributed by atoms with Crippen molar-refractivity contribution in [3.05, 3.63) is 30.1 Å². The fourth-order valence-electron chi connectivity index (χ4n) is 2.02. The number of aromatic nitrogens is 1. The van der Waals surface area contributed by atoms with E-state index in [0.717, 1.165) is 32.8 Å². The van der Waals surface area contributed by atoms with Crippen LogP contribution in [0.2, 0.25) is 0 Å². The van der Waals surface area contributed by atoms with Crippen molar-refractivity contribution >= 4 is 5.91 Å². The number of hydrogen-bond acceptors (Lipinski definition) is 4. The maximum Gasteiger partial charge on any atom is 0.253 e. The van der Waals surface area contributed by atoms with Crippen LogP contribution in [-0.2, 0) is 4.74 Å². The molecule has 0 radical (unpaired) electrons. The van der Waals surface area contributed by atoms with E-state index in [2.05, 4.69) is 15.2 Å². The number of ether oxygens (including phenoxy) is 1. The molecule has 5 heteroatoms. The number of nitrogens with zero attached hydrogens (tertiary/aromatic N) is 2. The van der Waals surface area contributed by atoms with E-state index in [0.29, 0.717) is 5.56 Å². The second kappa shape index (κ2) is 6.47. The largest absolute Gasteiger partial charge is 0.379 e. The summed E-state index contributed by atoms with van der Waals surface area (Å²) in [7, 11) is 0. The quantitative estimate of drug-likeness (QED) is 0.846. The van der Waals surface area contributed by atoms with E-state index in [4.69, 9.17) is 4.74 Å². The summed E-state index contributed by atoms with van der Waals surface area (Å²) in [5.74, 6) is -0.0659. The molecule has 1 atom stereocenters. The fraction of sp³-hybridized carbons (Fsp3) is 0.538. The minimum absolute atomic E-state index is 0.0659. The predicted octanol–water partition coefficient (Wildman–Crippen LogP) is 0.532. The molecule has 1 aromatic heterocycles. The molecular formula is C13H19N3O2. The third-order valence-corrected chi connectivity index (χ3v) is 2.94. The van der Waals surface area contributed by atoms with Crippen LogP contribution in [0.25, 0.3) is 0 Å². The molecule has 0 saturated carbocycles. The Morgan fingerprint density at radius 2 is 2.33 bits per heavy atom. The first-order valence-electron chi connectivity index (χ1n) is 6.26. The Labute approximate surface area is 107 Å². The average molecular weight is 249 g/mol. The summed E-state index contributed by atoms with van der Waals surface area (Å²) < 4.78 is 5.29. The molecule has 1 unspecified atom stereocenters. The second-order valence-electron chi connectivity index (χ2n) is 4.53. The highest BCUT2D eigenvalue weighted by Gasteiger charge is 2.15. The summed E-state index contributed by atoms with van der Waals surface area (Å²) in [6, 6.07) is 3.65. The van der Waals surface area contributed by atoms with Crippen LogP contribution >= 0.6 is 0 Å². The molecule has 1 aliphatic rings. The summed E-state index contributed by atoms with van der Waals surface area (Å²) in [4.78, 5) is 18.1. The van der Waals surface area contributed by atoms with Crippen molar-refractivity contribution in [2.24, 2.45) is 0 Å². The number of morpholine rings is 1. The SMILES string of the molecule is CC(CN1CCOCC1)NC(=O)c1cccnc1. The lowest BCUT2D eigenvalue weighted by Crippen LogP contribution is -2.46. The third kappa shape index (κ3) is 3.78. The first-order valence-corrected chi connectivity index (χ1v) is 6.26. The molecule has 0 bridgehead atoms. The van der Waals surface area contributed by atoms with Crippen molar-refractivity contribution in [2.75, 3.05) is 32.8 Å². The molecule has 0 aromatic carbocycles. The molecular weight excluding hydrogens is 230 g/mol. The van der Waals surface area contributed by atoms with Crippen LogP contribution in [0.15, 0.2) is 24.5 Å². The van der Waals surface area contributed by atoms with Gasteiger partial charge in [0.15, 0.2) is 0 Å². The summed E-state index contributed by atoms with van der Waals surface area (Å²) in [5, 5.41) is 2.98. The van der Waals surface area contributed by atoms with Gasteiger partial charge in [-0.1, -0.05) is 0 Å². The van der Waals surface area contributed by atoms with Gasteiger partial charge in [-0.3, -0.25) is 14.7 Å². The fourth-order valence-corrected chi connectivity index (χ4v) is 2.02. The van der Waals surface area contributed by atoms with Crippen LogP contribution in [0.3, 0.4) is 0 Å². The maximum absolute atomic E-state index is 11.9. The molecule has 0 aliphatic carbocycles. The Balaban J connectivity index is 1.80. The lowest BCUT2D eigenvalue weighted by atomic mass is 10.2. The van der Waals surface area contributed by atoms with E-state index in [1.165, 1.54) is 0 Å². The van der Waals surface area contributed by atoms with Gasteiger partial charge in [0, 0.05) is 38.1 Å². The molecule has 0 spiro atoms. The molecule has 1 N–H and O–H groups in total. The van der Waals surface area contributed by atoms with Crippen molar-refractivity contribution in [1.29, 1.82) is 0 Å². The van der Waals surface area contributed by atoms with Crippen molar-refractivity contribution in [2.45, 2.75) is 13.0 Å². The van der Waals surface area contributed by atoms with E-state index < -0.39 is 0 Å². The van der Waals surface area contributed by atoms with Crippen LogP contribution in [0, 0.1) is 0 Å². The zero-order chi connectivity index (χ0) is 12.8. The first kappa shape index (κ1) is 13.0. The number of rotatable bonds is 4. The van der Waals surface area contributed by atoms with Crippen molar-refractivity contribution < 1.29 is 9.53 Å². The molecule has 98 valence electrons. The Kier molecular flexibility index (Phi) is 4.66. The Morgan fingerprint density at radius 1 is 1.56 bits per heavy atom. The minimum Gasteiger partial charge on any atom is -0.379 e. The summed E-state index contributed by atoms with van der Waals surface area (Å²) in [5.41, 5.74) is 0.603. The smallest absolute Gasteiger partial charge is 0.253 e. The molecule has 1 saturated heterocycles. The topological polar surface area (TPSA) is 54.5 Å². The van der Waals surface area contributed by atoms with E-state index >= 15 is 0 Å². The number of carbonyl (C=O) groups is 1. The van der Waals surface area contributed by atoms with Crippen LogP contribution in [0.1, 0.15) is 17.3 Å². The van der Waals surface area contributed by atoms with Gasteiger partial charge in [-0.25, -0.2) is 0 Å². The van der Waals surface area contributed by atoms with Crippen LogP contribution < -0.4 is 5.32 Å². The van der Waals surface area contributed by atoms with Gasteiger partial charge in [0.2, 0.25) is 0 Å². The normalized spacial score (nSPS) is 18.3. The van der Waals surface area contributed by atoms with Crippen molar-refractivity contribution in [3.8, 4) is 0 Å². The molecule has 2 heterocycles. The van der Waals surface area contributed by atoms with Gasteiger partial charge in [0.25, 0.3) is 5.91 Å². The van der Waals surface area contributed by atoms with Gasteiger partial charge in [0.1, 0.15) is 0 Å². The Hall–Kier alpha value is -1.46. The van der Waals surface area contributed by atoms with E-state index in [9.17, 15) is 4.79 Å². The molecule has 18 heavy (non-hydrogen) atoms. The third-order valence-electron chi connectivity index (χ3n) is 2.94. The number of hydrogen-bond donors (Lipinski definition) is 1. The lowest BCUT2D eigenvalue weighted by Gasteiger charge is -2.29. The summed E-state index contributed by atoms with van der Waals surface area (Å²) >= 11 is 0. The van der Waals surface area contributed by atoms with Gasteiger partial charge in [0.05, 0.1) is 18.8 Å². The number of amides is 1. The van der Waals surface area contributed by atoms with Crippen molar-refractivity contribution in [1.82, 2.24) is 15.2 Å². The van der Waals surface area contributed by atoms with E-state index in [1.54, 1.807) is 24.5 Å². The maximum atomic E-state index is 11.9. The highest BCUT2D eigenvalue weighted by Crippen LogP contribution is 2.00. The molecule has 1 aromatic rings. The molecule has 1 amide bonds. The first-order chi connectivity index (χ1) is 8.75. The zero-order valence-electron chi connectivity index (χ0n) is 10.6. The molecule has 5 nitrogen and oxygen atoms in total. The summed E-state index contributed by atoms with van der Waals surface area (Å²) in [6.45, 7) is 6.31. The monoisotopic (exact) mass is 249 g/mol. The standard InChI is InChI=1S/C13H19N3O2/c1-11(10-16-5-7-18-8-6-16)15-13(17)12-3-2-4-14-9-12/h2-4,9,11H,5-8,10H2,1H3,(H,15,17). The second-order valence-corrected chi connectivity index (χ2v) is 4.53. The highest BCUT2D eigenvalue weighted by atomic mass is 16.5. The zero-order valence-corrected chi connectivity index (χ0v) is 10.6. The van der Waals surface area contributed by atoms with Gasteiger partial charge in [-0.15, -0.1) is 0 Å². The molecule has 2 rings (SSSR count). The number of carbonyl (C=O) groups excluding carboxylic acids is 1. The average Bonchev–Trinajstić information content (AvgIpc) is 2.40. The van der Waals surface area contributed by atoms with Crippen LogP contribution in [0.4, 0.5) is 0 Å². The van der Waals surface area contributed by atoms with Crippen LogP contribution in [-0.4, -0.2) is 54.7 Å². The van der Waals surface area contributed by atoms with Gasteiger partial charge < -0.3 is 10.1 Å². The lowest BCUT2D eigenvalue weighted by molar-refractivity contribution is 0.0342. The minimum atomic E-state index is -0.0659. The number of nitrogens with one attached hydrogen (secondary N) is 1. The van der Waals surface area contributed by atoms with Gasteiger partial charge >= 0.3 is 0 Å². The molecule has 1 aliphatic heterocycles. The van der Waals surface area contributed by atoms with Crippen LogP contribution in [0.5, 0.6) is 0 Å². The highest BCUT2D eigenvalue weighted by molar-refractivity contribution is 5.93. The van der Waals surface area contributed by atoms with Crippen molar-refractivity contribution in [3.63, 3.8) is 0 Å². The Morgan fingerprint density at radius 3 is 3.00 bits per heavy atom. The molecule has 1 fully saturated rings. The number of pyridine rings is 1. The predicted molar refractivity (Wildman–Crippen MR) is 68.4 cm³/mol.